The number of hydrogen-bond donors (Lipinski definition) is 1. The van der Waals surface area contributed by atoms with Crippen LogP contribution in [0.4, 0.5) is 0 Å². The fraction of sp³-hybridized carbons (Fsp3) is 0.538. The number of amides is 2. The highest BCUT2D eigenvalue weighted by atomic mass is 32.1. The van der Waals surface area contributed by atoms with Crippen molar-refractivity contribution in [1.82, 2.24) is 15.1 Å². The second-order valence-corrected chi connectivity index (χ2v) is 10.3. The summed E-state index contributed by atoms with van der Waals surface area (Å²) in [5.74, 6) is -0.230. The highest BCUT2D eigenvalue weighted by molar-refractivity contribution is 7.10. The van der Waals surface area contributed by atoms with Crippen molar-refractivity contribution >= 4 is 23.2 Å². The van der Waals surface area contributed by atoms with Gasteiger partial charge in [0, 0.05) is 23.0 Å². The zero-order chi connectivity index (χ0) is 21.9. The monoisotopic (exact) mass is 451 g/mol. The Kier molecular flexibility index (Phi) is 6.60. The van der Waals surface area contributed by atoms with Gasteiger partial charge in [-0.15, -0.1) is 11.3 Å². The molecule has 1 saturated heterocycles. The van der Waals surface area contributed by atoms with E-state index in [9.17, 15) is 9.59 Å². The zero-order valence-electron chi connectivity index (χ0n) is 18.7. The Balaban J connectivity index is 1.42. The van der Waals surface area contributed by atoms with Crippen molar-refractivity contribution < 1.29 is 9.59 Å². The van der Waals surface area contributed by atoms with Crippen LogP contribution in [0.1, 0.15) is 77.7 Å². The first kappa shape index (κ1) is 21.7. The van der Waals surface area contributed by atoms with Crippen LogP contribution in [0.3, 0.4) is 0 Å². The summed E-state index contributed by atoms with van der Waals surface area (Å²) in [5, 5.41) is 5.29. The first-order chi connectivity index (χ1) is 15.7. The number of benzene rings is 1. The smallest absolute Gasteiger partial charge is 0.254 e. The van der Waals surface area contributed by atoms with Crippen LogP contribution in [-0.2, 0) is 4.79 Å². The molecule has 170 valence electrons. The fourth-order valence-corrected chi connectivity index (χ4v) is 6.67. The van der Waals surface area contributed by atoms with Crippen LogP contribution in [0.2, 0.25) is 0 Å². The largest absolute Gasteiger partial charge is 0.355 e. The summed E-state index contributed by atoms with van der Waals surface area (Å²) >= 11 is 1.65. The zero-order valence-corrected chi connectivity index (χ0v) is 19.5. The minimum absolute atomic E-state index is 0.0489. The van der Waals surface area contributed by atoms with E-state index in [0.29, 0.717) is 12.1 Å². The minimum Gasteiger partial charge on any atom is -0.355 e. The van der Waals surface area contributed by atoms with E-state index in [1.165, 1.54) is 25.9 Å². The summed E-state index contributed by atoms with van der Waals surface area (Å²) in [7, 11) is 0. The third-order valence-electron chi connectivity index (χ3n) is 7.36. The lowest BCUT2D eigenvalue weighted by atomic mass is 9.80. The number of thiophene rings is 1. The molecule has 2 amide bonds. The predicted molar refractivity (Wildman–Crippen MR) is 128 cm³/mol. The Morgan fingerprint density at radius 2 is 1.81 bits per heavy atom. The van der Waals surface area contributed by atoms with Gasteiger partial charge in [-0.1, -0.05) is 37.1 Å². The van der Waals surface area contributed by atoms with E-state index in [1.54, 1.807) is 11.3 Å². The highest BCUT2D eigenvalue weighted by Gasteiger charge is 2.47. The minimum atomic E-state index is -0.366. The van der Waals surface area contributed by atoms with Gasteiger partial charge in [0.1, 0.15) is 0 Å². The number of carbonyl (C=O) groups excluding carboxylic acids is 2. The molecular weight excluding hydrogens is 418 g/mol. The van der Waals surface area contributed by atoms with E-state index in [0.717, 1.165) is 49.1 Å². The summed E-state index contributed by atoms with van der Waals surface area (Å²) < 4.78 is 0. The molecule has 0 unspecified atom stereocenters. The second kappa shape index (κ2) is 9.75. The molecule has 0 radical (unpaired) electrons. The molecule has 1 saturated carbocycles. The lowest BCUT2D eigenvalue weighted by Gasteiger charge is -2.44. The van der Waals surface area contributed by atoms with E-state index in [4.69, 9.17) is 0 Å². The van der Waals surface area contributed by atoms with E-state index in [2.05, 4.69) is 26.6 Å². The molecule has 1 aromatic heterocycles. The van der Waals surface area contributed by atoms with Gasteiger partial charge in [-0.25, -0.2) is 0 Å². The van der Waals surface area contributed by atoms with Crippen molar-refractivity contribution in [3.63, 3.8) is 0 Å². The molecule has 2 atom stereocenters. The van der Waals surface area contributed by atoms with Gasteiger partial charge >= 0.3 is 0 Å². The van der Waals surface area contributed by atoms with Crippen molar-refractivity contribution in [2.24, 2.45) is 0 Å². The number of hydrogen-bond acceptors (Lipinski definition) is 4. The molecule has 1 N–H and O–H groups in total. The molecule has 3 heterocycles. The topological polar surface area (TPSA) is 52.7 Å². The van der Waals surface area contributed by atoms with Gasteiger partial charge in [0.05, 0.1) is 12.0 Å². The maximum atomic E-state index is 13.7. The Morgan fingerprint density at radius 3 is 2.56 bits per heavy atom. The van der Waals surface area contributed by atoms with Crippen molar-refractivity contribution in [3.05, 3.63) is 57.8 Å². The summed E-state index contributed by atoms with van der Waals surface area (Å²) in [6.07, 6.45) is 7.91. The fourth-order valence-electron chi connectivity index (χ4n) is 5.81. The maximum Gasteiger partial charge on any atom is 0.254 e. The SMILES string of the molecule is O=C(NCCCN1CCCC1)[C@@H]1c2ccccc2C(=O)N(C2CCCC2)[C@H]1c1cccs1. The molecule has 2 aliphatic heterocycles. The normalized spacial score (nSPS) is 24.1. The molecular formula is C26H33N3O2S. The van der Waals surface area contributed by atoms with Crippen molar-refractivity contribution in [2.45, 2.75) is 62.9 Å². The molecule has 2 fully saturated rings. The Bertz CT molecular complexity index is 932. The lowest BCUT2D eigenvalue weighted by molar-refractivity contribution is -0.124. The Labute approximate surface area is 194 Å². The Morgan fingerprint density at radius 1 is 1.03 bits per heavy atom. The molecule has 32 heavy (non-hydrogen) atoms. The number of rotatable bonds is 7. The number of likely N-dealkylation sites (tertiary alicyclic amines) is 1. The van der Waals surface area contributed by atoms with Gasteiger partial charge in [-0.3, -0.25) is 9.59 Å². The van der Waals surface area contributed by atoms with Gasteiger partial charge in [0.25, 0.3) is 5.91 Å². The van der Waals surface area contributed by atoms with Gasteiger partial charge in [-0.2, -0.15) is 0 Å². The van der Waals surface area contributed by atoms with Crippen LogP contribution >= 0.6 is 11.3 Å². The van der Waals surface area contributed by atoms with E-state index < -0.39 is 0 Å². The number of fused-ring (bicyclic) bond motifs is 1. The van der Waals surface area contributed by atoms with E-state index in [-0.39, 0.29) is 29.8 Å². The summed E-state index contributed by atoms with van der Waals surface area (Å²) in [5.41, 5.74) is 1.58. The number of nitrogens with one attached hydrogen (secondary N) is 1. The highest BCUT2D eigenvalue weighted by Crippen LogP contribution is 2.47. The number of nitrogens with zero attached hydrogens (tertiary/aromatic N) is 2. The lowest BCUT2D eigenvalue weighted by Crippen LogP contribution is -2.50. The third kappa shape index (κ3) is 4.23. The average molecular weight is 452 g/mol. The average Bonchev–Trinajstić information content (AvgIpc) is 3.60. The molecule has 0 bridgehead atoms. The van der Waals surface area contributed by atoms with Gasteiger partial charge in [0.15, 0.2) is 0 Å². The summed E-state index contributed by atoms with van der Waals surface area (Å²) in [6.45, 7) is 4.09. The molecule has 6 heteroatoms. The molecule has 3 aliphatic rings. The van der Waals surface area contributed by atoms with Crippen LogP contribution in [0.5, 0.6) is 0 Å². The van der Waals surface area contributed by atoms with Crippen LogP contribution in [0, 0.1) is 0 Å². The molecule has 1 aliphatic carbocycles. The standard InChI is InChI=1S/C26H33N3O2S/c30-25(27-14-8-17-28-15-5-6-16-28)23-20-11-3-4-12-21(20)26(31)29(19-9-1-2-10-19)24(23)22-13-7-18-32-22/h3-4,7,11-13,18-19,23-24H,1-2,5-6,8-10,14-17H2,(H,27,30)/t23-,24+/m1/s1. The van der Waals surface area contributed by atoms with Crippen molar-refractivity contribution in [2.75, 3.05) is 26.2 Å². The van der Waals surface area contributed by atoms with Gasteiger partial charge in [-0.05, 0) is 74.8 Å². The van der Waals surface area contributed by atoms with E-state index in [1.807, 2.05) is 30.3 Å². The third-order valence-corrected chi connectivity index (χ3v) is 8.30. The molecule has 1 aromatic carbocycles. The summed E-state index contributed by atoms with van der Waals surface area (Å²) in [4.78, 5) is 33.0. The maximum absolute atomic E-state index is 13.7. The quantitative estimate of drug-likeness (QED) is 0.627. The first-order valence-corrected chi connectivity index (χ1v) is 13.1. The predicted octanol–water partition coefficient (Wildman–Crippen LogP) is 4.57. The van der Waals surface area contributed by atoms with E-state index >= 15 is 0 Å². The first-order valence-electron chi connectivity index (χ1n) is 12.2. The molecule has 5 rings (SSSR count). The molecule has 2 aromatic rings. The molecule has 0 spiro atoms. The second-order valence-electron chi connectivity index (χ2n) is 9.37. The summed E-state index contributed by atoms with van der Waals surface area (Å²) in [6, 6.07) is 11.9. The van der Waals surface area contributed by atoms with Crippen LogP contribution in [-0.4, -0.2) is 53.8 Å². The van der Waals surface area contributed by atoms with Gasteiger partial charge < -0.3 is 15.1 Å². The van der Waals surface area contributed by atoms with Crippen molar-refractivity contribution in [1.29, 1.82) is 0 Å². The van der Waals surface area contributed by atoms with Gasteiger partial charge in [0.2, 0.25) is 5.91 Å². The van der Waals surface area contributed by atoms with Crippen molar-refractivity contribution in [3.8, 4) is 0 Å². The van der Waals surface area contributed by atoms with Crippen LogP contribution < -0.4 is 5.32 Å². The van der Waals surface area contributed by atoms with Crippen LogP contribution in [0.15, 0.2) is 41.8 Å². The Hall–Kier alpha value is -2.18. The molecule has 5 nitrogen and oxygen atoms in total. The number of carbonyl (C=O) groups is 2. The van der Waals surface area contributed by atoms with Crippen LogP contribution in [0.25, 0.3) is 0 Å².